The zero-order valence-corrected chi connectivity index (χ0v) is 12.5. The minimum Gasteiger partial charge on any atom is -0.369 e. The SMILES string of the molecule is CN(C)CCNc1cc(C(=O)Nc2cccc(F)c2)ncn1. The summed E-state index contributed by atoms with van der Waals surface area (Å²) in [6, 6.07) is 7.25. The first-order valence-corrected chi connectivity index (χ1v) is 6.82. The van der Waals surface area contributed by atoms with E-state index in [9.17, 15) is 9.18 Å². The highest BCUT2D eigenvalue weighted by Gasteiger charge is 2.09. The van der Waals surface area contributed by atoms with Crippen molar-refractivity contribution in [2.45, 2.75) is 0 Å². The van der Waals surface area contributed by atoms with Gasteiger partial charge in [-0.25, -0.2) is 14.4 Å². The van der Waals surface area contributed by atoms with Gasteiger partial charge in [0.05, 0.1) is 0 Å². The van der Waals surface area contributed by atoms with Crippen molar-refractivity contribution in [2.75, 3.05) is 37.8 Å². The summed E-state index contributed by atoms with van der Waals surface area (Å²) in [6.07, 6.45) is 1.32. The maximum absolute atomic E-state index is 13.1. The lowest BCUT2D eigenvalue weighted by atomic mass is 10.3. The predicted octanol–water partition coefficient (Wildman–Crippen LogP) is 1.84. The van der Waals surface area contributed by atoms with E-state index in [1.54, 1.807) is 12.1 Å². The van der Waals surface area contributed by atoms with Crippen LogP contribution in [0.5, 0.6) is 0 Å². The van der Waals surface area contributed by atoms with Crippen LogP contribution in [0.3, 0.4) is 0 Å². The number of hydrogen-bond donors (Lipinski definition) is 2. The van der Waals surface area contributed by atoms with E-state index in [4.69, 9.17) is 0 Å². The fraction of sp³-hybridized carbons (Fsp3) is 0.267. The lowest BCUT2D eigenvalue weighted by Gasteiger charge is -2.11. The van der Waals surface area contributed by atoms with Crippen molar-refractivity contribution in [3.05, 3.63) is 48.2 Å². The molecule has 0 spiro atoms. The van der Waals surface area contributed by atoms with Gasteiger partial charge in [0.1, 0.15) is 23.7 Å². The highest BCUT2D eigenvalue weighted by atomic mass is 19.1. The molecule has 116 valence electrons. The normalized spacial score (nSPS) is 10.5. The minimum atomic E-state index is -0.413. The summed E-state index contributed by atoms with van der Waals surface area (Å²) in [5.41, 5.74) is 0.595. The van der Waals surface area contributed by atoms with E-state index in [1.807, 2.05) is 19.0 Å². The van der Waals surface area contributed by atoms with E-state index in [1.165, 1.54) is 24.5 Å². The maximum atomic E-state index is 13.1. The third kappa shape index (κ3) is 4.78. The molecule has 2 N–H and O–H groups in total. The zero-order valence-electron chi connectivity index (χ0n) is 12.5. The van der Waals surface area contributed by atoms with E-state index in [2.05, 4.69) is 20.6 Å². The van der Waals surface area contributed by atoms with Gasteiger partial charge in [-0.3, -0.25) is 4.79 Å². The fourth-order valence-corrected chi connectivity index (χ4v) is 1.75. The molecule has 0 aliphatic rings. The molecule has 0 unspecified atom stereocenters. The molecular weight excluding hydrogens is 285 g/mol. The Hall–Kier alpha value is -2.54. The number of nitrogens with one attached hydrogen (secondary N) is 2. The van der Waals surface area contributed by atoms with Crippen molar-refractivity contribution in [2.24, 2.45) is 0 Å². The van der Waals surface area contributed by atoms with Gasteiger partial charge in [0.15, 0.2) is 0 Å². The Morgan fingerprint density at radius 3 is 2.82 bits per heavy atom. The Morgan fingerprint density at radius 1 is 1.27 bits per heavy atom. The molecule has 0 aliphatic heterocycles. The summed E-state index contributed by atoms with van der Waals surface area (Å²) >= 11 is 0. The first kappa shape index (κ1) is 15.8. The monoisotopic (exact) mass is 303 g/mol. The Bertz CT molecular complexity index is 647. The van der Waals surface area contributed by atoms with Gasteiger partial charge in [-0.05, 0) is 32.3 Å². The molecule has 6 nitrogen and oxygen atoms in total. The summed E-state index contributed by atoms with van der Waals surface area (Å²) in [5.74, 6) is -0.253. The maximum Gasteiger partial charge on any atom is 0.274 e. The zero-order chi connectivity index (χ0) is 15.9. The molecule has 1 aromatic carbocycles. The average Bonchev–Trinajstić information content (AvgIpc) is 2.47. The number of benzene rings is 1. The molecule has 0 saturated heterocycles. The lowest BCUT2D eigenvalue weighted by molar-refractivity contribution is 0.102. The molecule has 0 saturated carbocycles. The van der Waals surface area contributed by atoms with Gasteiger partial charge in [-0.15, -0.1) is 0 Å². The van der Waals surface area contributed by atoms with Crippen LogP contribution in [-0.4, -0.2) is 48.0 Å². The highest BCUT2D eigenvalue weighted by molar-refractivity contribution is 6.03. The number of halogens is 1. The molecule has 0 atom stereocenters. The van der Waals surface area contributed by atoms with E-state index < -0.39 is 11.7 Å². The summed E-state index contributed by atoms with van der Waals surface area (Å²) in [6.45, 7) is 1.55. The number of aromatic nitrogens is 2. The van der Waals surface area contributed by atoms with E-state index in [0.29, 0.717) is 18.1 Å². The van der Waals surface area contributed by atoms with Crippen LogP contribution in [0.4, 0.5) is 15.9 Å². The number of rotatable bonds is 6. The molecule has 1 heterocycles. The Balaban J connectivity index is 2.00. The summed E-state index contributed by atoms with van der Waals surface area (Å²) in [4.78, 5) is 22.1. The third-order valence-corrected chi connectivity index (χ3v) is 2.85. The molecular formula is C15H18FN5O. The first-order chi connectivity index (χ1) is 10.5. The number of amides is 1. The molecule has 2 aromatic rings. The van der Waals surface area contributed by atoms with Gasteiger partial charge in [0, 0.05) is 24.8 Å². The topological polar surface area (TPSA) is 70.2 Å². The van der Waals surface area contributed by atoms with Gasteiger partial charge in [-0.1, -0.05) is 6.07 Å². The third-order valence-electron chi connectivity index (χ3n) is 2.85. The predicted molar refractivity (Wildman–Crippen MR) is 83.4 cm³/mol. The Kier molecular flexibility index (Phi) is 5.37. The smallest absolute Gasteiger partial charge is 0.274 e. The minimum absolute atomic E-state index is 0.214. The standard InChI is InChI=1S/C15H18FN5O/c1-21(2)7-6-17-14-9-13(18-10-19-14)15(22)20-12-5-3-4-11(16)8-12/h3-5,8-10H,6-7H2,1-2H3,(H,20,22)(H,17,18,19). The van der Waals surface area contributed by atoms with E-state index in [-0.39, 0.29) is 5.69 Å². The molecule has 7 heteroatoms. The van der Waals surface area contributed by atoms with Crippen LogP contribution < -0.4 is 10.6 Å². The molecule has 0 radical (unpaired) electrons. The van der Waals surface area contributed by atoms with Crippen molar-refractivity contribution in [1.82, 2.24) is 14.9 Å². The Morgan fingerprint density at radius 2 is 2.09 bits per heavy atom. The summed E-state index contributed by atoms with van der Waals surface area (Å²) < 4.78 is 13.1. The summed E-state index contributed by atoms with van der Waals surface area (Å²) in [5, 5.41) is 5.71. The summed E-state index contributed by atoms with van der Waals surface area (Å²) in [7, 11) is 3.94. The van der Waals surface area contributed by atoms with Gasteiger partial charge < -0.3 is 15.5 Å². The number of hydrogen-bond acceptors (Lipinski definition) is 5. The van der Waals surface area contributed by atoms with Crippen LogP contribution in [-0.2, 0) is 0 Å². The molecule has 22 heavy (non-hydrogen) atoms. The largest absolute Gasteiger partial charge is 0.369 e. The van der Waals surface area contributed by atoms with Crippen molar-refractivity contribution in [1.29, 1.82) is 0 Å². The number of anilines is 2. The van der Waals surface area contributed by atoms with Gasteiger partial charge in [0.25, 0.3) is 5.91 Å². The van der Waals surface area contributed by atoms with Crippen LogP contribution in [0.25, 0.3) is 0 Å². The average molecular weight is 303 g/mol. The highest BCUT2D eigenvalue weighted by Crippen LogP contribution is 2.11. The molecule has 0 fully saturated rings. The van der Waals surface area contributed by atoms with Crippen molar-refractivity contribution >= 4 is 17.4 Å². The Labute approximate surface area is 128 Å². The van der Waals surface area contributed by atoms with E-state index >= 15 is 0 Å². The lowest BCUT2D eigenvalue weighted by Crippen LogP contribution is -2.21. The van der Waals surface area contributed by atoms with Crippen LogP contribution in [0, 0.1) is 5.82 Å². The van der Waals surface area contributed by atoms with Gasteiger partial charge in [0.2, 0.25) is 0 Å². The van der Waals surface area contributed by atoms with Gasteiger partial charge in [-0.2, -0.15) is 0 Å². The van der Waals surface area contributed by atoms with Crippen molar-refractivity contribution < 1.29 is 9.18 Å². The molecule has 0 aliphatic carbocycles. The first-order valence-electron chi connectivity index (χ1n) is 6.82. The fourth-order valence-electron chi connectivity index (χ4n) is 1.75. The van der Waals surface area contributed by atoms with Crippen molar-refractivity contribution in [3.8, 4) is 0 Å². The molecule has 1 amide bonds. The molecule has 1 aromatic heterocycles. The second-order valence-corrected chi connectivity index (χ2v) is 4.98. The molecule has 0 bridgehead atoms. The van der Waals surface area contributed by atoms with E-state index in [0.717, 1.165) is 6.54 Å². The van der Waals surface area contributed by atoms with Crippen LogP contribution in [0.2, 0.25) is 0 Å². The van der Waals surface area contributed by atoms with Crippen molar-refractivity contribution in [3.63, 3.8) is 0 Å². The van der Waals surface area contributed by atoms with Crippen LogP contribution >= 0.6 is 0 Å². The van der Waals surface area contributed by atoms with Crippen LogP contribution in [0.15, 0.2) is 36.7 Å². The second-order valence-electron chi connectivity index (χ2n) is 4.98. The number of carbonyl (C=O) groups is 1. The van der Waals surface area contributed by atoms with Crippen LogP contribution in [0.1, 0.15) is 10.5 Å². The number of likely N-dealkylation sites (N-methyl/N-ethyl adjacent to an activating group) is 1. The quantitative estimate of drug-likeness (QED) is 0.852. The van der Waals surface area contributed by atoms with Gasteiger partial charge >= 0.3 is 0 Å². The number of carbonyl (C=O) groups excluding carboxylic acids is 1. The molecule has 2 rings (SSSR count). The number of nitrogens with zero attached hydrogens (tertiary/aromatic N) is 3. The second kappa shape index (κ2) is 7.46.